The van der Waals surface area contributed by atoms with Gasteiger partial charge in [-0.25, -0.2) is 4.39 Å². The van der Waals surface area contributed by atoms with Gasteiger partial charge in [-0.15, -0.1) is 0 Å². The number of carbonyl (C=O) groups is 2. The standard InChI is InChI=1S/C29H25FN2O2/c1-20-8-14-26(15-9-20)31-28(33)23-6-2-4-21(18-23)10-11-22-5-3-7-24(19-22)29(34)32-27-16-12-25(30)13-17-27/h2-9,12-19H,10-11H2,1H3,(H,31,33)(H,32,34). The van der Waals surface area contributed by atoms with Crippen LogP contribution in [0.1, 0.15) is 37.4 Å². The molecule has 0 aliphatic carbocycles. The number of hydrogen-bond donors (Lipinski definition) is 2. The lowest BCUT2D eigenvalue weighted by molar-refractivity contribution is 0.101. The zero-order valence-corrected chi connectivity index (χ0v) is 18.8. The average molecular weight is 453 g/mol. The Hall–Kier alpha value is -4.25. The van der Waals surface area contributed by atoms with Crippen LogP contribution in [0.4, 0.5) is 15.8 Å². The van der Waals surface area contributed by atoms with Crippen LogP contribution in [0.5, 0.6) is 0 Å². The Bertz CT molecular complexity index is 1200. The third-order valence-corrected chi connectivity index (χ3v) is 5.49. The fourth-order valence-electron chi connectivity index (χ4n) is 3.60. The van der Waals surface area contributed by atoms with Crippen molar-refractivity contribution in [2.45, 2.75) is 19.8 Å². The third kappa shape index (κ3) is 6.17. The van der Waals surface area contributed by atoms with Gasteiger partial charge in [-0.1, -0.05) is 42.0 Å². The first-order valence-corrected chi connectivity index (χ1v) is 11.1. The Morgan fingerprint density at radius 2 is 1.09 bits per heavy atom. The number of amides is 2. The topological polar surface area (TPSA) is 58.2 Å². The highest BCUT2D eigenvalue weighted by Crippen LogP contribution is 2.16. The summed E-state index contributed by atoms with van der Waals surface area (Å²) in [6.45, 7) is 2.00. The molecule has 0 atom stereocenters. The summed E-state index contributed by atoms with van der Waals surface area (Å²) in [6, 6.07) is 28.4. The number of aryl methyl sites for hydroxylation is 3. The van der Waals surface area contributed by atoms with Gasteiger partial charge < -0.3 is 10.6 Å². The van der Waals surface area contributed by atoms with Gasteiger partial charge in [0.25, 0.3) is 11.8 Å². The molecule has 2 N–H and O–H groups in total. The van der Waals surface area contributed by atoms with E-state index in [9.17, 15) is 14.0 Å². The van der Waals surface area contributed by atoms with Gasteiger partial charge in [-0.2, -0.15) is 0 Å². The lowest BCUT2D eigenvalue weighted by atomic mass is 10.0. The van der Waals surface area contributed by atoms with Crippen LogP contribution in [0.15, 0.2) is 97.1 Å². The van der Waals surface area contributed by atoms with Crippen LogP contribution < -0.4 is 10.6 Å². The Kier molecular flexibility index (Phi) is 7.13. The molecule has 0 unspecified atom stereocenters. The van der Waals surface area contributed by atoms with Crippen molar-refractivity contribution in [2.75, 3.05) is 10.6 Å². The molecule has 4 aromatic rings. The van der Waals surface area contributed by atoms with Crippen molar-refractivity contribution in [1.82, 2.24) is 0 Å². The highest BCUT2D eigenvalue weighted by atomic mass is 19.1. The Labute approximate surface area is 198 Å². The number of hydrogen-bond acceptors (Lipinski definition) is 2. The smallest absolute Gasteiger partial charge is 0.255 e. The zero-order chi connectivity index (χ0) is 23.9. The van der Waals surface area contributed by atoms with Gasteiger partial charge in [0.1, 0.15) is 5.82 Å². The van der Waals surface area contributed by atoms with E-state index in [0.29, 0.717) is 16.8 Å². The van der Waals surface area contributed by atoms with Gasteiger partial charge in [0.15, 0.2) is 0 Å². The van der Waals surface area contributed by atoms with E-state index in [0.717, 1.165) is 35.2 Å². The van der Waals surface area contributed by atoms with E-state index in [4.69, 9.17) is 0 Å². The molecule has 0 saturated heterocycles. The number of nitrogens with one attached hydrogen (secondary N) is 2. The maximum absolute atomic E-state index is 13.1. The van der Waals surface area contributed by atoms with Crippen LogP contribution in [-0.4, -0.2) is 11.8 Å². The maximum Gasteiger partial charge on any atom is 0.255 e. The Morgan fingerprint density at radius 3 is 1.56 bits per heavy atom. The van der Waals surface area contributed by atoms with E-state index in [1.54, 1.807) is 12.1 Å². The molecule has 0 radical (unpaired) electrons. The molecule has 0 heterocycles. The van der Waals surface area contributed by atoms with Crippen molar-refractivity contribution >= 4 is 23.2 Å². The van der Waals surface area contributed by atoms with Gasteiger partial charge in [-0.05, 0) is 91.6 Å². The summed E-state index contributed by atoms with van der Waals surface area (Å²) in [5, 5.41) is 5.70. The summed E-state index contributed by atoms with van der Waals surface area (Å²) < 4.78 is 13.1. The molecule has 170 valence electrons. The second-order valence-electron chi connectivity index (χ2n) is 8.18. The first-order chi connectivity index (χ1) is 16.5. The Balaban J connectivity index is 1.38. The largest absolute Gasteiger partial charge is 0.322 e. The summed E-state index contributed by atoms with van der Waals surface area (Å²) in [4.78, 5) is 25.2. The molecule has 4 rings (SSSR count). The van der Waals surface area contributed by atoms with Crippen LogP contribution in [0.25, 0.3) is 0 Å². The van der Waals surface area contributed by atoms with E-state index in [1.165, 1.54) is 24.3 Å². The average Bonchev–Trinajstić information content (AvgIpc) is 2.86. The zero-order valence-electron chi connectivity index (χ0n) is 18.8. The normalized spacial score (nSPS) is 10.5. The van der Waals surface area contributed by atoms with Crippen LogP contribution in [0.2, 0.25) is 0 Å². The predicted molar refractivity (Wildman–Crippen MR) is 134 cm³/mol. The lowest BCUT2D eigenvalue weighted by Gasteiger charge is -2.09. The molecule has 0 saturated carbocycles. The van der Waals surface area contributed by atoms with E-state index in [2.05, 4.69) is 10.6 Å². The SMILES string of the molecule is Cc1ccc(NC(=O)c2cccc(CCc3cccc(C(=O)Nc4ccc(F)cc4)c3)c2)cc1. The van der Waals surface area contributed by atoms with Gasteiger partial charge in [0.2, 0.25) is 0 Å². The molecule has 5 heteroatoms. The van der Waals surface area contributed by atoms with Crippen molar-refractivity contribution in [3.63, 3.8) is 0 Å². The van der Waals surface area contributed by atoms with Crippen LogP contribution >= 0.6 is 0 Å². The van der Waals surface area contributed by atoms with E-state index in [1.807, 2.05) is 67.6 Å². The molecule has 0 aliphatic rings. The molecule has 4 nitrogen and oxygen atoms in total. The molecular formula is C29H25FN2O2. The van der Waals surface area contributed by atoms with Gasteiger partial charge >= 0.3 is 0 Å². The fraction of sp³-hybridized carbons (Fsp3) is 0.103. The van der Waals surface area contributed by atoms with E-state index >= 15 is 0 Å². The lowest BCUT2D eigenvalue weighted by Crippen LogP contribution is -2.12. The maximum atomic E-state index is 13.1. The minimum atomic E-state index is -0.350. The van der Waals surface area contributed by atoms with Crippen LogP contribution in [-0.2, 0) is 12.8 Å². The summed E-state index contributed by atoms with van der Waals surface area (Å²) in [5.74, 6) is -0.745. The van der Waals surface area contributed by atoms with Crippen molar-refractivity contribution < 1.29 is 14.0 Å². The van der Waals surface area contributed by atoms with E-state index < -0.39 is 0 Å². The third-order valence-electron chi connectivity index (χ3n) is 5.49. The highest BCUT2D eigenvalue weighted by molar-refractivity contribution is 6.05. The van der Waals surface area contributed by atoms with Crippen molar-refractivity contribution in [3.05, 3.63) is 131 Å². The van der Waals surface area contributed by atoms with E-state index in [-0.39, 0.29) is 17.6 Å². The molecule has 0 fully saturated rings. The number of halogens is 1. The molecule has 0 bridgehead atoms. The highest BCUT2D eigenvalue weighted by Gasteiger charge is 2.09. The van der Waals surface area contributed by atoms with Crippen LogP contribution in [0, 0.1) is 12.7 Å². The predicted octanol–water partition coefficient (Wildman–Crippen LogP) is 6.42. The summed E-state index contributed by atoms with van der Waals surface area (Å²) in [7, 11) is 0. The Morgan fingerprint density at radius 1 is 0.647 bits per heavy atom. The second-order valence-corrected chi connectivity index (χ2v) is 8.18. The number of benzene rings is 4. The molecule has 0 aliphatic heterocycles. The molecule has 2 amide bonds. The second kappa shape index (κ2) is 10.6. The molecule has 4 aromatic carbocycles. The minimum Gasteiger partial charge on any atom is -0.322 e. The summed E-state index contributed by atoms with van der Waals surface area (Å²) in [5.41, 5.74) is 5.63. The number of carbonyl (C=O) groups excluding carboxylic acids is 2. The van der Waals surface area contributed by atoms with Gasteiger partial charge in [-0.3, -0.25) is 9.59 Å². The monoisotopic (exact) mass is 452 g/mol. The van der Waals surface area contributed by atoms with Gasteiger partial charge in [0, 0.05) is 22.5 Å². The van der Waals surface area contributed by atoms with Gasteiger partial charge in [0.05, 0.1) is 0 Å². The fourth-order valence-corrected chi connectivity index (χ4v) is 3.60. The minimum absolute atomic E-state index is 0.148. The van der Waals surface area contributed by atoms with Crippen molar-refractivity contribution in [2.24, 2.45) is 0 Å². The van der Waals surface area contributed by atoms with Crippen molar-refractivity contribution in [3.8, 4) is 0 Å². The number of anilines is 2. The first-order valence-electron chi connectivity index (χ1n) is 11.1. The molecule has 0 spiro atoms. The summed E-state index contributed by atoms with van der Waals surface area (Å²) >= 11 is 0. The molecular weight excluding hydrogens is 427 g/mol. The molecule has 0 aromatic heterocycles. The van der Waals surface area contributed by atoms with Crippen LogP contribution in [0.3, 0.4) is 0 Å². The first kappa shape index (κ1) is 22.9. The quantitative estimate of drug-likeness (QED) is 0.340. The summed E-state index contributed by atoms with van der Waals surface area (Å²) in [6.07, 6.45) is 1.45. The van der Waals surface area contributed by atoms with Crippen molar-refractivity contribution in [1.29, 1.82) is 0 Å². The molecule has 34 heavy (non-hydrogen) atoms. The number of rotatable bonds is 7.